The van der Waals surface area contributed by atoms with Gasteiger partial charge in [0.1, 0.15) is 5.75 Å². The minimum atomic E-state index is -0.911. The van der Waals surface area contributed by atoms with Gasteiger partial charge in [-0.2, -0.15) is 0 Å². The molecule has 0 fully saturated rings. The zero-order valence-electron chi connectivity index (χ0n) is 11.8. The molecular weight excluding hydrogens is 260 g/mol. The lowest BCUT2D eigenvalue weighted by Crippen LogP contribution is -2.56. The van der Waals surface area contributed by atoms with Gasteiger partial charge in [-0.1, -0.05) is 12.1 Å². The Labute approximate surface area is 117 Å². The molecule has 0 saturated carbocycles. The number of hydrogen-bond acceptors (Lipinski definition) is 4. The second-order valence-electron chi connectivity index (χ2n) is 4.48. The van der Waals surface area contributed by atoms with E-state index >= 15 is 0 Å². The minimum absolute atomic E-state index is 0.0510. The quantitative estimate of drug-likeness (QED) is 0.285. The van der Waals surface area contributed by atoms with E-state index in [1.54, 1.807) is 38.3 Å². The van der Waals surface area contributed by atoms with E-state index in [9.17, 15) is 4.79 Å². The largest absolute Gasteiger partial charge is 0.497 e. The molecule has 0 heterocycles. The number of carbonyl (C=O) groups is 1. The van der Waals surface area contributed by atoms with Crippen LogP contribution in [0.25, 0.3) is 0 Å². The standard InChI is InChI=1S/C13H20N4O3/c1-4-13(2,11(14)17-19)16-12(18)15-9-5-7-10(20-3)8-6-9/h5-8,19H,4H2,1-3H3,(H2,14,17)(H2,15,16,18). The van der Waals surface area contributed by atoms with Gasteiger partial charge < -0.3 is 26.3 Å². The number of amides is 2. The number of carbonyl (C=O) groups excluding carboxylic acids is 1. The number of nitrogens with one attached hydrogen (secondary N) is 2. The van der Waals surface area contributed by atoms with Crippen LogP contribution in [0.5, 0.6) is 5.75 Å². The van der Waals surface area contributed by atoms with E-state index < -0.39 is 11.6 Å². The molecule has 1 aromatic rings. The molecule has 1 aromatic carbocycles. The zero-order chi connectivity index (χ0) is 15.2. The van der Waals surface area contributed by atoms with Crippen LogP contribution >= 0.6 is 0 Å². The van der Waals surface area contributed by atoms with Gasteiger partial charge in [-0.05, 0) is 37.6 Å². The van der Waals surface area contributed by atoms with Crippen LogP contribution in [0.1, 0.15) is 20.3 Å². The predicted molar refractivity (Wildman–Crippen MR) is 77.3 cm³/mol. The summed E-state index contributed by atoms with van der Waals surface area (Å²) in [6.45, 7) is 3.50. The molecule has 0 saturated heterocycles. The van der Waals surface area contributed by atoms with E-state index in [0.717, 1.165) is 0 Å². The fraction of sp³-hybridized carbons (Fsp3) is 0.385. The van der Waals surface area contributed by atoms with Gasteiger partial charge in [0.25, 0.3) is 0 Å². The van der Waals surface area contributed by atoms with Crippen molar-refractivity contribution in [3.05, 3.63) is 24.3 Å². The monoisotopic (exact) mass is 280 g/mol. The van der Waals surface area contributed by atoms with Crippen molar-refractivity contribution in [2.75, 3.05) is 12.4 Å². The lowest BCUT2D eigenvalue weighted by molar-refractivity contribution is 0.244. The summed E-state index contributed by atoms with van der Waals surface area (Å²) in [5.41, 5.74) is 5.28. The molecule has 7 heteroatoms. The first-order valence-corrected chi connectivity index (χ1v) is 6.16. The second kappa shape index (κ2) is 6.65. The number of oxime groups is 1. The van der Waals surface area contributed by atoms with Crippen LogP contribution in [0.2, 0.25) is 0 Å². The third-order valence-electron chi connectivity index (χ3n) is 3.12. The van der Waals surface area contributed by atoms with Crippen LogP contribution in [0, 0.1) is 0 Å². The summed E-state index contributed by atoms with van der Waals surface area (Å²) < 4.78 is 5.03. The highest BCUT2D eigenvalue weighted by atomic mass is 16.5. The van der Waals surface area contributed by atoms with Crippen molar-refractivity contribution in [3.8, 4) is 5.75 Å². The number of urea groups is 1. The smallest absolute Gasteiger partial charge is 0.320 e. The number of methoxy groups -OCH3 is 1. The number of nitrogens with two attached hydrogens (primary N) is 1. The molecule has 0 aliphatic carbocycles. The number of amidine groups is 1. The Morgan fingerprint density at radius 3 is 2.50 bits per heavy atom. The summed E-state index contributed by atoms with van der Waals surface area (Å²) in [7, 11) is 1.57. The Hall–Kier alpha value is -2.44. The third kappa shape index (κ3) is 3.78. The first-order valence-electron chi connectivity index (χ1n) is 6.16. The summed E-state index contributed by atoms with van der Waals surface area (Å²) in [5, 5.41) is 17.0. The Kier molecular flexibility index (Phi) is 5.19. The van der Waals surface area contributed by atoms with Crippen molar-refractivity contribution in [2.24, 2.45) is 10.9 Å². The molecule has 1 rings (SSSR count). The highest BCUT2D eigenvalue weighted by Crippen LogP contribution is 2.15. The summed E-state index contributed by atoms with van der Waals surface area (Å²) in [4.78, 5) is 11.9. The predicted octanol–water partition coefficient (Wildman–Crippen LogP) is 1.73. The van der Waals surface area contributed by atoms with E-state index in [-0.39, 0.29) is 5.84 Å². The Morgan fingerprint density at radius 2 is 2.05 bits per heavy atom. The molecule has 1 atom stereocenters. The zero-order valence-corrected chi connectivity index (χ0v) is 11.8. The molecule has 0 bridgehead atoms. The van der Waals surface area contributed by atoms with Crippen LogP contribution in [-0.2, 0) is 0 Å². The molecule has 1 unspecified atom stereocenters. The molecule has 0 aliphatic heterocycles. The van der Waals surface area contributed by atoms with Crippen molar-refractivity contribution in [1.29, 1.82) is 0 Å². The van der Waals surface area contributed by atoms with Crippen LogP contribution in [-0.4, -0.2) is 29.7 Å². The SMILES string of the molecule is CCC(C)(NC(=O)Nc1ccc(OC)cc1)/C(N)=N/O. The van der Waals surface area contributed by atoms with Gasteiger partial charge in [-0.25, -0.2) is 4.79 Å². The molecular formula is C13H20N4O3. The molecule has 0 spiro atoms. The fourth-order valence-corrected chi connectivity index (χ4v) is 1.53. The van der Waals surface area contributed by atoms with Gasteiger partial charge >= 0.3 is 6.03 Å². The molecule has 20 heavy (non-hydrogen) atoms. The van der Waals surface area contributed by atoms with Crippen molar-refractivity contribution in [2.45, 2.75) is 25.8 Å². The van der Waals surface area contributed by atoms with Crippen LogP contribution in [0.15, 0.2) is 29.4 Å². The molecule has 110 valence electrons. The maximum Gasteiger partial charge on any atom is 0.320 e. The van der Waals surface area contributed by atoms with Crippen LogP contribution in [0.4, 0.5) is 10.5 Å². The molecule has 2 amide bonds. The second-order valence-corrected chi connectivity index (χ2v) is 4.48. The average molecular weight is 280 g/mol. The van der Waals surface area contributed by atoms with E-state index in [1.807, 2.05) is 6.92 Å². The van der Waals surface area contributed by atoms with Gasteiger partial charge in [-0.15, -0.1) is 0 Å². The Bertz CT molecular complexity index is 487. The van der Waals surface area contributed by atoms with Crippen LogP contribution in [0.3, 0.4) is 0 Å². The van der Waals surface area contributed by atoms with Crippen molar-refractivity contribution in [1.82, 2.24) is 5.32 Å². The van der Waals surface area contributed by atoms with Gasteiger partial charge in [0.15, 0.2) is 5.84 Å². The Balaban J connectivity index is 2.71. The molecule has 7 nitrogen and oxygen atoms in total. The number of nitrogens with zero attached hydrogens (tertiary/aromatic N) is 1. The number of hydrogen-bond donors (Lipinski definition) is 4. The number of ether oxygens (including phenoxy) is 1. The molecule has 5 N–H and O–H groups in total. The van der Waals surface area contributed by atoms with Gasteiger partial charge in [0, 0.05) is 5.69 Å². The van der Waals surface area contributed by atoms with E-state index in [2.05, 4.69) is 15.8 Å². The van der Waals surface area contributed by atoms with Gasteiger partial charge in [0.05, 0.1) is 12.6 Å². The van der Waals surface area contributed by atoms with Crippen molar-refractivity contribution < 1.29 is 14.7 Å². The van der Waals surface area contributed by atoms with Crippen molar-refractivity contribution in [3.63, 3.8) is 0 Å². The summed E-state index contributed by atoms with van der Waals surface area (Å²) in [6, 6.07) is 6.46. The van der Waals surface area contributed by atoms with E-state index in [1.165, 1.54) is 0 Å². The van der Waals surface area contributed by atoms with E-state index in [4.69, 9.17) is 15.7 Å². The molecule has 0 aliphatic rings. The molecule has 0 radical (unpaired) electrons. The maximum absolute atomic E-state index is 11.9. The normalized spacial score (nSPS) is 14.2. The summed E-state index contributed by atoms with van der Waals surface area (Å²) in [6.07, 6.45) is 0.485. The van der Waals surface area contributed by atoms with Gasteiger partial charge in [-0.3, -0.25) is 0 Å². The maximum atomic E-state index is 11.9. The highest BCUT2D eigenvalue weighted by Gasteiger charge is 2.29. The average Bonchev–Trinajstić information content (AvgIpc) is 2.46. The molecule has 0 aromatic heterocycles. The summed E-state index contributed by atoms with van der Waals surface area (Å²) in [5.74, 6) is 0.649. The third-order valence-corrected chi connectivity index (χ3v) is 3.12. The Morgan fingerprint density at radius 1 is 1.45 bits per heavy atom. The first kappa shape index (κ1) is 15.6. The highest BCUT2D eigenvalue weighted by molar-refractivity contribution is 5.97. The number of rotatable bonds is 5. The van der Waals surface area contributed by atoms with E-state index in [0.29, 0.717) is 17.9 Å². The fourth-order valence-electron chi connectivity index (χ4n) is 1.53. The topological polar surface area (TPSA) is 109 Å². The summed E-state index contributed by atoms with van der Waals surface area (Å²) >= 11 is 0. The minimum Gasteiger partial charge on any atom is -0.497 e. The lowest BCUT2D eigenvalue weighted by Gasteiger charge is -2.28. The van der Waals surface area contributed by atoms with Crippen molar-refractivity contribution >= 4 is 17.6 Å². The lowest BCUT2D eigenvalue weighted by atomic mass is 9.98. The number of benzene rings is 1. The van der Waals surface area contributed by atoms with Gasteiger partial charge in [0.2, 0.25) is 0 Å². The first-order chi connectivity index (χ1) is 9.45. The number of anilines is 1. The van der Waals surface area contributed by atoms with Crippen LogP contribution < -0.4 is 21.1 Å².